The summed E-state index contributed by atoms with van der Waals surface area (Å²) in [5.74, 6) is -0.101. The minimum Gasteiger partial charge on any atom is -0.388 e. The summed E-state index contributed by atoms with van der Waals surface area (Å²) < 4.78 is 15.2. The molecule has 8 rings (SSSR count). The average molecular weight is 667 g/mol. The molecule has 0 saturated heterocycles. The lowest BCUT2D eigenvalue weighted by Gasteiger charge is -2.29. The van der Waals surface area contributed by atoms with Gasteiger partial charge in [0.25, 0.3) is 0 Å². The van der Waals surface area contributed by atoms with Crippen molar-refractivity contribution in [3.63, 3.8) is 0 Å². The SMILES string of the molecule is O=P(c1ccccc1)(c1ccc(-c2ccc(C(O)C(Cc3ccc4ccccc4c3)c3ccccc3)cc2)cc1)C1C=Cc2ccccc2C1. The Morgan fingerprint density at radius 3 is 1.92 bits per heavy atom. The van der Waals surface area contributed by atoms with Crippen LogP contribution in [0.5, 0.6) is 0 Å². The Balaban J connectivity index is 1.06. The molecule has 0 heterocycles. The van der Waals surface area contributed by atoms with Crippen LogP contribution in [0.15, 0.2) is 182 Å². The summed E-state index contributed by atoms with van der Waals surface area (Å²) in [7, 11) is -2.99. The summed E-state index contributed by atoms with van der Waals surface area (Å²) in [6.07, 6.45) is 5.08. The Hall–Kier alpha value is -5.27. The first kappa shape index (κ1) is 32.0. The van der Waals surface area contributed by atoms with Gasteiger partial charge in [-0.25, -0.2) is 0 Å². The number of benzene rings is 7. The monoisotopic (exact) mass is 666 g/mol. The van der Waals surface area contributed by atoms with Crippen molar-refractivity contribution in [1.29, 1.82) is 0 Å². The van der Waals surface area contributed by atoms with Crippen molar-refractivity contribution in [1.82, 2.24) is 0 Å². The molecule has 2 nitrogen and oxygen atoms in total. The number of aliphatic hydroxyl groups is 1. The summed E-state index contributed by atoms with van der Waals surface area (Å²) in [4.78, 5) is 0. The number of rotatable bonds is 9. The van der Waals surface area contributed by atoms with Crippen LogP contribution in [-0.4, -0.2) is 10.8 Å². The van der Waals surface area contributed by atoms with Crippen LogP contribution < -0.4 is 10.6 Å². The lowest BCUT2D eigenvalue weighted by molar-refractivity contribution is 0.144. The largest absolute Gasteiger partial charge is 0.388 e. The molecular formula is C47H39O2P. The third-order valence-corrected chi connectivity index (χ3v) is 13.7. The zero-order valence-corrected chi connectivity index (χ0v) is 28.7. The summed E-state index contributed by atoms with van der Waals surface area (Å²) in [5.41, 5.74) is 7.64. The minimum absolute atomic E-state index is 0.101. The van der Waals surface area contributed by atoms with Crippen molar-refractivity contribution < 1.29 is 9.67 Å². The second-order valence-corrected chi connectivity index (χ2v) is 16.4. The molecule has 0 aliphatic heterocycles. The first-order valence-electron chi connectivity index (χ1n) is 17.4. The maximum absolute atomic E-state index is 15.2. The molecule has 0 spiro atoms. The highest BCUT2D eigenvalue weighted by Gasteiger charge is 2.36. The molecule has 4 unspecified atom stereocenters. The maximum atomic E-state index is 15.2. The van der Waals surface area contributed by atoms with Gasteiger partial charge in [-0.1, -0.05) is 188 Å². The number of hydrogen-bond acceptors (Lipinski definition) is 2. The van der Waals surface area contributed by atoms with Gasteiger partial charge < -0.3 is 9.67 Å². The molecule has 7 aromatic carbocycles. The van der Waals surface area contributed by atoms with E-state index in [9.17, 15) is 5.11 Å². The van der Waals surface area contributed by atoms with Crippen molar-refractivity contribution in [3.05, 3.63) is 210 Å². The van der Waals surface area contributed by atoms with Gasteiger partial charge in [-0.15, -0.1) is 0 Å². The van der Waals surface area contributed by atoms with Crippen LogP contribution in [0.3, 0.4) is 0 Å². The smallest absolute Gasteiger partial charge is 0.150 e. The van der Waals surface area contributed by atoms with Crippen molar-refractivity contribution in [2.45, 2.75) is 30.5 Å². The van der Waals surface area contributed by atoms with Gasteiger partial charge in [-0.2, -0.15) is 0 Å². The first-order chi connectivity index (χ1) is 24.6. The average Bonchev–Trinajstić information content (AvgIpc) is 3.20. The molecule has 0 aromatic heterocycles. The number of allylic oxidation sites excluding steroid dienone is 1. The Labute approximate surface area is 294 Å². The van der Waals surface area contributed by atoms with Gasteiger partial charge in [0.1, 0.15) is 7.14 Å². The summed E-state index contributed by atoms with van der Waals surface area (Å²) >= 11 is 0. The first-order valence-corrected chi connectivity index (χ1v) is 19.2. The molecule has 50 heavy (non-hydrogen) atoms. The Morgan fingerprint density at radius 2 is 1.18 bits per heavy atom. The standard InChI is InChI=1S/C47H39O2P/c48-47(46(39-13-3-1-4-14-39)32-34-19-20-35-11-7-9-15-41(35)31-34)40-23-21-37(22-24-40)38-25-28-44(29-26-38)50(49,43-17-5-2-6-18-43)45-30-27-36-12-8-10-16-42(36)33-45/h1-31,45-48H,32-33H2. The summed E-state index contributed by atoms with van der Waals surface area (Å²) in [6.45, 7) is 0. The van der Waals surface area contributed by atoms with Crippen LogP contribution >= 0.6 is 7.14 Å². The molecule has 4 atom stereocenters. The van der Waals surface area contributed by atoms with Crippen LogP contribution in [0.4, 0.5) is 0 Å². The van der Waals surface area contributed by atoms with E-state index in [-0.39, 0.29) is 11.6 Å². The van der Waals surface area contributed by atoms with E-state index in [0.29, 0.717) is 0 Å². The molecule has 0 fully saturated rings. The van der Waals surface area contributed by atoms with Gasteiger partial charge >= 0.3 is 0 Å². The van der Waals surface area contributed by atoms with Gasteiger partial charge in [0.05, 0.1) is 6.10 Å². The number of aliphatic hydroxyl groups excluding tert-OH is 1. The van der Waals surface area contributed by atoms with Crippen LogP contribution in [0.25, 0.3) is 28.0 Å². The third kappa shape index (κ3) is 6.29. The number of hydrogen-bond donors (Lipinski definition) is 1. The molecule has 7 aromatic rings. The van der Waals surface area contributed by atoms with E-state index in [0.717, 1.165) is 45.7 Å². The zero-order chi connectivity index (χ0) is 33.9. The van der Waals surface area contributed by atoms with Crippen LogP contribution in [0.1, 0.15) is 39.8 Å². The fourth-order valence-corrected chi connectivity index (χ4v) is 10.6. The Kier molecular flexibility index (Phi) is 8.90. The van der Waals surface area contributed by atoms with Crippen molar-refractivity contribution in [3.8, 4) is 11.1 Å². The highest BCUT2D eigenvalue weighted by molar-refractivity contribution is 7.79. The van der Waals surface area contributed by atoms with Gasteiger partial charge in [0.2, 0.25) is 0 Å². The molecule has 0 radical (unpaired) electrons. The Morgan fingerprint density at radius 1 is 0.580 bits per heavy atom. The molecule has 0 saturated carbocycles. The molecule has 1 N–H and O–H groups in total. The van der Waals surface area contributed by atoms with Gasteiger partial charge in [-0.05, 0) is 62.6 Å². The van der Waals surface area contributed by atoms with E-state index >= 15 is 4.57 Å². The predicted molar refractivity (Wildman–Crippen MR) is 210 cm³/mol. The maximum Gasteiger partial charge on any atom is 0.150 e. The molecule has 0 amide bonds. The van der Waals surface area contributed by atoms with Crippen LogP contribution in [0, 0.1) is 0 Å². The summed E-state index contributed by atoms with van der Waals surface area (Å²) in [5, 5.41) is 16.0. The molecule has 3 heteroatoms. The fraction of sp³-hybridized carbons (Fsp3) is 0.106. The Bertz CT molecular complexity index is 2310. The number of fused-ring (bicyclic) bond motifs is 2. The van der Waals surface area contributed by atoms with Crippen LogP contribution in [-0.2, 0) is 17.4 Å². The second kappa shape index (κ2) is 13.9. The second-order valence-electron chi connectivity index (χ2n) is 13.3. The predicted octanol–water partition coefficient (Wildman–Crippen LogP) is 10.5. The normalized spacial score (nSPS) is 16.3. The highest BCUT2D eigenvalue weighted by Crippen LogP contribution is 2.52. The van der Waals surface area contributed by atoms with Crippen molar-refractivity contribution >= 4 is 34.6 Å². The third-order valence-electron chi connectivity index (χ3n) is 10.3. The fourth-order valence-electron chi connectivity index (χ4n) is 7.53. The van der Waals surface area contributed by atoms with Gasteiger partial charge in [-0.3, -0.25) is 0 Å². The van der Waals surface area contributed by atoms with E-state index in [4.69, 9.17) is 0 Å². The van der Waals surface area contributed by atoms with E-state index in [1.54, 1.807) is 0 Å². The van der Waals surface area contributed by atoms with E-state index < -0.39 is 13.2 Å². The highest BCUT2D eigenvalue weighted by atomic mass is 31.2. The van der Waals surface area contributed by atoms with Gasteiger partial charge in [0, 0.05) is 22.2 Å². The molecule has 1 aliphatic carbocycles. The topological polar surface area (TPSA) is 37.3 Å². The van der Waals surface area contributed by atoms with Crippen molar-refractivity contribution in [2.75, 3.05) is 0 Å². The summed E-state index contributed by atoms with van der Waals surface area (Å²) in [6, 6.07) is 60.2. The molecule has 0 bridgehead atoms. The van der Waals surface area contributed by atoms with Crippen molar-refractivity contribution in [2.24, 2.45) is 0 Å². The van der Waals surface area contributed by atoms with E-state index in [2.05, 4.69) is 127 Å². The molecule has 1 aliphatic rings. The minimum atomic E-state index is -2.99. The van der Waals surface area contributed by atoms with E-state index in [1.807, 2.05) is 60.7 Å². The van der Waals surface area contributed by atoms with Crippen LogP contribution in [0.2, 0.25) is 0 Å². The quantitative estimate of drug-likeness (QED) is 0.156. The molecular weight excluding hydrogens is 627 g/mol. The van der Waals surface area contributed by atoms with E-state index in [1.165, 1.54) is 27.5 Å². The lowest BCUT2D eigenvalue weighted by atomic mass is 9.83. The van der Waals surface area contributed by atoms with Gasteiger partial charge in [0.15, 0.2) is 0 Å². The lowest BCUT2D eigenvalue weighted by Crippen LogP contribution is -2.27. The zero-order valence-electron chi connectivity index (χ0n) is 27.8. The molecule has 244 valence electrons.